The van der Waals surface area contributed by atoms with E-state index < -0.39 is 5.56 Å². The summed E-state index contributed by atoms with van der Waals surface area (Å²) >= 11 is 0. The van der Waals surface area contributed by atoms with Gasteiger partial charge in [0.05, 0.1) is 12.5 Å². The Morgan fingerprint density at radius 1 is 1.16 bits per heavy atom. The van der Waals surface area contributed by atoms with E-state index in [0.29, 0.717) is 22.2 Å². The van der Waals surface area contributed by atoms with Crippen LogP contribution in [0.1, 0.15) is 6.92 Å². The third kappa shape index (κ3) is 2.32. The molecule has 0 atom stereocenters. The Labute approximate surface area is 142 Å². The maximum absolute atomic E-state index is 12.4. The molecule has 2 heterocycles. The van der Waals surface area contributed by atoms with Crippen molar-refractivity contribution in [2.24, 2.45) is 0 Å². The lowest BCUT2D eigenvalue weighted by molar-refractivity contribution is 0.406. The van der Waals surface area contributed by atoms with E-state index in [2.05, 4.69) is 4.98 Å². The Morgan fingerprint density at radius 3 is 2.60 bits per heavy atom. The third-order valence-corrected chi connectivity index (χ3v) is 4.19. The summed E-state index contributed by atoms with van der Waals surface area (Å²) in [5.41, 5.74) is 2.22. The quantitative estimate of drug-likeness (QED) is 0.608. The first-order valence-electron chi connectivity index (χ1n) is 7.79. The molecule has 1 N–H and O–H groups in total. The molecular formula is C20H15NO4. The fraction of sp³-hybridized carbons (Fsp3) is 0.100. The monoisotopic (exact) mass is 333 g/mol. The largest absolute Gasteiger partial charge is 0.509 e. The number of nitrogens with zero attached hydrogens (tertiary/aromatic N) is 1. The van der Waals surface area contributed by atoms with Crippen LogP contribution in [0.2, 0.25) is 0 Å². The van der Waals surface area contributed by atoms with Gasteiger partial charge in [-0.05, 0) is 35.6 Å². The number of hydrogen-bond donors (Lipinski definition) is 1. The van der Waals surface area contributed by atoms with Crippen molar-refractivity contribution in [1.82, 2.24) is 4.98 Å². The molecule has 0 aliphatic carbocycles. The zero-order valence-electron chi connectivity index (χ0n) is 13.7. The van der Waals surface area contributed by atoms with Crippen LogP contribution in [-0.2, 0) is 0 Å². The average molecular weight is 333 g/mol. The Kier molecular flexibility index (Phi) is 3.42. The number of rotatable bonds is 2. The number of furan rings is 1. The number of methoxy groups -OCH3 is 1. The standard InChI is InChI=1S/C20H15NO4/c1-11(22)19-18-17-13(8-9-15(24-2)20(17)25-19)14(10-16(23)21-18)12-6-4-3-5-7-12/h3-10,22H,1-2H3/b19-11-. The molecule has 0 bridgehead atoms. The van der Waals surface area contributed by atoms with Crippen LogP contribution in [0.25, 0.3) is 38.8 Å². The molecule has 0 unspecified atom stereocenters. The Morgan fingerprint density at radius 2 is 1.92 bits per heavy atom. The fourth-order valence-electron chi connectivity index (χ4n) is 3.10. The smallest absolute Gasteiger partial charge is 0.271 e. The summed E-state index contributed by atoms with van der Waals surface area (Å²) in [5.74, 6) is 0.475. The predicted octanol–water partition coefficient (Wildman–Crippen LogP) is 3.42. The zero-order chi connectivity index (χ0) is 17.6. The summed E-state index contributed by atoms with van der Waals surface area (Å²) in [6.45, 7) is 1.50. The van der Waals surface area contributed by atoms with Gasteiger partial charge in [0.25, 0.3) is 5.56 Å². The van der Waals surface area contributed by atoms with Crippen molar-refractivity contribution >= 4 is 27.6 Å². The Hall–Kier alpha value is -3.34. The summed E-state index contributed by atoms with van der Waals surface area (Å²) in [4.78, 5) is 16.5. The number of aliphatic hydroxyl groups excluding tert-OH is 1. The fourth-order valence-corrected chi connectivity index (χ4v) is 3.10. The highest BCUT2D eigenvalue weighted by Gasteiger charge is 2.18. The van der Waals surface area contributed by atoms with Gasteiger partial charge in [-0.3, -0.25) is 4.79 Å². The van der Waals surface area contributed by atoms with E-state index in [1.54, 1.807) is 13.2 Å². The average Bonchev–Trinajstić information content (AvgIpc) is 2.92. The Bertz CT molecular complexity index is 1210. The highest BCUT2D eigenvalue weighted by Crippen LogP contribution is 2.36. The summed E-state index contributed by atoms with van der Waals surface area (Å²) < 4.78 is 11.2. The van der Waals surface area contributed by atoms with Crippen LogP contribution in [0, 0.1) is 0 Å². The van der Waals surface area contributed by atoms with Gasteiger partial charge >= 0.3 is 0 Å². The molecule has 0 amide bonds. The molecule has 0 saturated carbocycles. The van der Waals surface area contributed by atoms with Gasteiger partial charge in [0.2, 0.25) is 0 Å². The highest BCUT2D eigenvalue weighted by atomic mass is 16.5. The van der Waals surface area contributed by atoms with Crippen molar-refractivity contribution in [1.29, 1.82) is 0 Å². The molecule has 0 radical (unpaired) electrons. The summed E-state index contributed by atoms with van der Waals surface area (Å²) in [6, 6.07) is 14.8. The topological polar surface area (TPSA) is 72.6 Å². The van der Waals surface area contributed by atoms with Crippen molar-refractivity contribution in [2.75, 3.05) is 7.11 Å². The van der Waals surface area contributed by atoms with E-state index in [0.717, 1.165) is 16.5 Å². The lowest BCUT2D eigenvalue weighted by Gasteiger charge is -2.05. The van der Waals surface area contributed by atoms with Crippen LogP contribution >= 0.6 is 0 Å². The first-order chi connectivity index (χ1) is 12.1. The maximum atomic E-state index is 12.4. The number of aromatic nitrogens is 1. The molecule has 0 aliphatic rings. The third-order valence-electron chi connectivity index (χ3n) is 4.19. The molecule has 0 fully saturated rings. The van der Waals surface area contributed by atoms with Crippen LogP contribution in [0.3, 0.4) is 0 Å². The summed E-state index contributed by atoms with van der Waals surface area (Å²) in [7, 11) is 1.54. The maximum Gasteiger partial charge on any atom is 0.271 e. The van der Waals surface area contributed by atoms with Gasteiger partial charge in [0.15, 0.2) is 16.7 Å². The summed E-state index contributed by atoms with van der Waals surface area (Å²) in [5, 5.41) is 11.4. The first-order valence-corrected chi connectivity index (χ1v) is 7.79. The second-order valence-electron chi connectivity index (χ2n) is 5.76. The molecule has 4 rings (SSSR count). The minimum absolute atomic E-state index is 0.0427. The lowest BCUT2D eigenvalue weighted by atomic mass is 10.0. The molecule has 2 aromatic heterocycles. The SMILES string of the molecule is COc1ccc2c(-c3ccccc3)cc(=O)nc3/c(=C(\C)O)oc1c23. The van der Waals surface area contributed by atoms with Gasteiger partial charge < -0.3 is 14.3 Å². The van der Waals surface area contributed by atoms with Crippen molar-refractivity contribution in [3.8, 4) is 16.9 Å². The van der Waals surface area contributed by atoms with Crippen LogP contribution < -0.4 is 15.7 Å². The number of benzene rings is 2. The van der Waals surface area contributed by atoms with Gasteiger partial charge in [-0.1, -0.05) is 30.3 Å². The number of ether oxygens (including phenoxy) is 1. The van der Waals surface area contributed by atoms with Crippen LogP contribution in [0.4, 0.5) is 0 Å². The van der Waals surface area contributed by atoms with E-state index >= 15 is 0 Å². The molecule has 0 saturated heterocycles. The molecular weight excluding hydrogens is 318 g/mol. The number of hydrogen-bond acceptors (Lipinski definition) is 5. The zero-order valence-corrected chi connectivity index (χ0v) is 13.7. The van der Waals surface area contributed by atoms with E-state index in [-0.39, 0.29) is 11.2 Å². The van der Waals surface area contributed by atoms with Crippen LogP contribution in [0.15, 0.2) is 57.7 Å². The van der Waals surface area contributed by atoms with Gasteiger partial charge in [-0.15, -0.1) is 0 Å². The predicted molar refractivity (Wildman–Crippen MR) is 96.7 cm³/mol. The minimum Gasteiger partial charge on any atom is -0.509 e. The minimum atomic E-state index is -0.404. The van der Waals surface area contributed by atoms with E-state index in [4.69, 9.17) is 9.15 Å². The van der Waals surface area contributed by atoms with Crippen molar-refractivity contribution in [3.63, 3.8) is 0 Å². The Balaban J connectivity index is 2.32. The lowest BCUT2D eigenvalue weighted by Crippen LogP contribution is -2.07. The van der Waals surface area contributed by atoms with Gasteiger partial charge in [-0.25, -0.2) is 4.98 Å². The normalized spacial score (nSPS) is 12.6. The van der Waals surface area contributed by atoms with Crippen molar-refractivity contribution in [3.05, 3.63) is 64.3 Å². The summed E-state index contributed by atoms with van der Waals surface area (Å²) in [6.07, 6.45) is 0. The second-order valence-corrected chi connectivity index (χ2v) is 5.76. The van der Waals surface area contributed by atoms with Gasteiger partial charge in [0.1, 0.15) is 11.3 Å². The van der Waals surface area contributed by atoms with Crippen LogP contribution in [-0.4, -0.2) is 17.2 Å². The van der Waals surface area contributed by atoms with Crippen molar-refractivity contribution in [2.45, 2.75) is 6.92 Å². The molecule has 5 heteroatoms. The molecule has 25 heavy (non-hydrogen) atoms. The van der Waals surface area contributed by atoms with Crippen LogP contribution in [0.5, 0.6) is 5.75 Å². The molecule has 5 nitrogen and oxygen atoms in total. The highest BCUT2D eigenvalue weighted by molar-refractivity contribution is 6.13. The van der Waals surface area contributed by atoms with E-state index in [9.17, 15) is 9.90 Å². The second kappa shape index (κ2) is 5.63. The van der Waals surface area contributed by atoms with E-state index in [1.807, 2.05) is 36.4 Å². The van der Waals surface area contributed by atoms with Crippen molar-refractivity contribution < 1.29 is 14.3 Å². The first kappa shape index (κ1) is 15.2. The molecule has 4 aromatic rings. The van der Waals surface area contributed by atoms with Gasteiger partial charge in [-0.2, -0.15) is 0 Å². The van der Waals surface area contributed by atoms with Gasteiger partial charge in [0, 0.05) is 6.07 Å². The number of aliphatic hydroxyl groups is 1. The molecule has 2 aromatic carbocycles. The molecule has 124 valence electrons. The molecule has 0 aliphatic heterocycles. The van der Waals surface area contributed by atoms with E-state index in [1.165, 1.54) is 13.0 Å². The molecule has 0 spiro atoms.